The highest BCUT2D eigenvalue weighted by molar-refractivity contribution is 5.66. The third-order valence-electron chi connectivity index (χ3n) is 4.07. The normalized spacial score (nSPS) is 10.6. The summed E-state index contributed by atoms with van der Waals surface area (Å²) in [6.07, 6.45) is 2.11. The van der Waals surface area contributed by atoms with Crippen LogP contribution in [0.15, 0.2) is 72.9 Å². The molecule has 3 rings (SSSR count). The Morgan fingerprint density at radius 2 is 1.45 bits per heavy atom. The predicted octanol–water partition coefficient (Wildman–Crippen LogP) is 4.99. The lowest BCUT2D eigenvalue weighted by molar-refractivity contribution is 0.866. The summed E-state index contributed by atoms with van der Waals surface area (Å²) in [5, 5.41) is 0. The van der Waals surface area contributed by atoms with Crippen LogP contribution in [0.25, 0.3) is 16.9 Å². The molecule has 0 radical (unpaired) electrons. The summed E-state index contributed by atoms with van der Waals surface area (Å²) in [4.78, 5) is 2.36. The molecule has 112 valence electrons. The molecule has 0 atom stereocenters. The molecule has 0 aliphatic carbocycles. The molecule has 0 aliphatic heterocycles. The van der Waals surface area contributed by atoms with Gasteiger partial charge in [-0.05, 0) is 55.8 Å². The maximum absolute atomic E-state index is 2.36. The van der Waals surface area contributed by atoms with Crippen LogP contribution in [0.5, 0.6) is 0 Å². The predicted molar refractivity (Wildman–Crippen MR) is 94.8 cm³/mol. The van der Waals surface area contributed by atoms with Gasteiger partial charge in [-0.25, -0.2) is 0 Å². The Bertz CT molecular complexity index is 707. The third-order valence-corrected chi connectivity index (χ3v) is 4.07. The second kappa shape index (κ2) is 6.52. The topological polar surface area (TPSA) is 8.17 Å². The van der Waals surface area contributed by atoms with E-state index in [2.05, 4.69) is 90.2 Å². The average molecular weight is 290 g/mol. The van der Waals surface area contributed by atoms with Crippen molar-refractivity contribution in [2.75, 3.05) is 18.0 Å². The van der Waals surface area contributed by atoms with E-state index in [9.17, 15) is 0 Å². The first kappa shape index (κ1) is 14.5. The Balaban J connectivity index is 1.94. The van der Waals surface area contributed by atoms with Crippen LogP contribution >= 0.6 is 0 Å². The van der Waals surface area contributed by atoms with Crippen LogP contribution in [0.1, 0.15) is 13.8 Å². The van der Waals surface area contributed by atoms with Gasteiger partial charge in [-0.3, -0.25) is 0 Å². The quantitative estimate of drug-likeness (QED) is 0.642. The van der Waals surface area contributed by atoms with Crippen LogP contribution in [0.4, 0.5) is 5.69 Å². The Hall–Kier alpha value is -2.48. The number of aromatic nitrogens is 1. The van der Waals surface area contributed by atoms with E-state index in [1.54, 1.807) is 0 Å². The van der Waals surface area contributed by atoms with Gasteiger partial charge in [0.2, 0.25) is 0 Å². The largest absolute Gasteiger partial charge is 0.372 e. The fourth-order valence-electron chi connectivity index (χ4n) is 2.86. The zero-order chi connectivity index (χ0) is 15.4. The lowest BCUT2D eigenvalue weighted by atomic mass is 10.1. The van der Waals surface area contributed by atoms with Crippen LogP contribution in [0, 0.1) is 0 Å². The van der Waals surface area contributed by atoms with E-state index >= 15 is 0 Å². The molecule has 1 heterocycles. The van der Waals surface area contributed by atoms with Gasteiger partial charge in [0.15, 0.2) is 0 Å². The van der Waals surface area contributed by atoms with Gasteiger partial charge >= 0.3 is 0 Å². The lowest BCUT2D eigenvalue weighted by Gasteiger charge is -2.21. The van der Waals surface area contributed by atoms with E-state index in [0.717, 1.165) is 13.1 Å². The average Bonchev–Trinajstić information content (AvgIpc) is 3.07. The molecule has 22 heavy (non-hydrogen) atoms. The summed E-state index contributed by atoms with van der Waals surface area (Å²) >= 11 is 0. The summed E-state index contributed by atoms with van der Waals surface area (Å²) < 4.78 is 2.23. The molecular weight excluding hydrogens is 268 g/mol. The molecule has 0 unspecified atom stereocenters. The minimum absolute atomic E-state index is 1.04. The van der Waals surface area contributed by atoms with E-state index < -0.39 is 0 Å². The number of para-hydroxylation sites is 1. The first-order valence-electron chi connectivity index (χ1n) is 7.91. The monoisotopic (exact) mass is 290 g/mol. The van der Waals surface area contributed by atoms with Crippen molar-refractivity contribution in [3.8, 4) is 16.9 Å². The van der Waals surface area contributed by atoms with Gasteiger partial charge < -0.3 is 9.47 Å². The molecule has 0 saturated carbocycles. The number of rotatable bonds is 5. The smallest absolute Gasteiger partial charge is 0.0528 e. The third kappa shape index (κ3) is 2.77. The van der Waals surface area contributed by atoms with Crippen molar-refractivity contribution in [1.82, 2.24) is 4.57 Å². The van der Waals surface area contributed by atoms with Crippen LogP contribution in [-0.4, -0.2) is 17.7 Å². The van der Waals surface area contributed by atoms with Crippen molar-refractivity contribution in [2.45, 2.75) is 13.8 Å². The number of hydrogen-bond acceptors (Lipinski definition) is 1. The Morgan fingerprint density at radius 3 is 2.09 bits per heavy atom. The van der Waals surface area contributed by atoms with Crippen LogP contribution in [-0.2, 0) is 0 Å². The van der Waals surface area contributed by atoms with Crippen molar-refractivity contribution in [1.29, 1.82) is 0 Å². The van der Waals surface area contributed by atoms with Gasteiger partial charge in [0, 0.05) is 30.7 Å². The number of nitrogens with zero attached hydrogens (tertiary/aromatic N) is 2. The van der Waals surface area contributed by atoms with E-state index in [4.69, 9.17) is 0 Å². The van der Waals surface area contributed by atoms with Gasteiger partial charge in [-0.2, -0.15) is 0 Å². The van der Waals surface area contributed by atoms with E-state index in [-0.39, 0.29) is 0 Å². The summed E-state index contributed by atoms with van der Waals surface area (Å²) in [6.45, 7) is 6.46. The Labute approximate surface area is 132 Å². The van der Waals surface area contributed by atoms with E-state index in [0.29, 0.717) is 0 Å². The summed E-state index contributed by atoms with van der Waals surface area (Å²) in [7, 11) is 0. The second-order valence-corrected chi connectivity index (χ2v) is 5.32. The van der Waals surface area contributed by atoms with Crippen LogP contribution < -0.4 is 4.90 Å². The first-order chi connectivity index (χ1) is 10.8. The molecular formula is C20H22N2. The zero-order valence-electron chi connectivity index (χ0n) is 13.2. The van der Waals surface area contributed by atoms with Crippen LogP contribution in [0.3, 0.4) is 0 Å². The summed E-state index contributed by atoms with van der Waals surface area (Å²) in [6, 6.07) is 23.6. The van der Waals surface area contributed by atoms with E-state index in [1.165, 1.54) is 22.6 Å². The molecule has 0 aliphatic rings. The molecule has 0 saturated heterocycles. The minimum atomic E-state index is 1.04. The SMILES string of the molecule is CCN(CC)c1ccc(-c2cccn2-c2ccccc2)cc1. The Morgan fingerprint density at radius 1 is 0.773 bits per heavy atom. The molecule has 0 amide bonds. The van der Waals surface area contributed by atoms with Crippen molar-refractivity contribution in [2.24, 2.45) is 0 Å². The highest BCUT2D eigenvalue weighted by Crippen LogP contribution is 2.26. The van der Waals surface area contributed by atoms with E-state index in [1.807, 2.05) is 6.07 Å². The maximum atomic E-state index is 2.36. The number of anilines is 1. The summed E-state index contributed by atoms with van der Waals surface area (Å²) in [5.74, 6) is 0. The highest BCUT2D eigenvalue weighted by Gasteiger charge is 2.07. The lowest BCUT2D eigenvalue weighted by Crippen LogP contribution is -2.21. The summed E-state index contributed by atoms with van der Waals surface area (Å²) in [5.41, 5.74) is 4.93. The molecule has 0 bridgehead atoms. The molecule has 0 fully saturated rings. The minimum Gasteiger partial charge on any atom is -0.372 e. The zero-order valence-corrected chi connectivity index (χ0v) is 13.2. The molecule has 3 aromatic rings. The van der Waals surface area contributed by atoms with Crippen molar-refractivity contribution >= 4 is 5.69 Å². The van der Waals surface area contributed by atoms with Crippen molar-refractivity contribution in [3.05, 3.63) is 72.9 Å². The second-order valence-electron chi connectivity index (χ2n) is 5.32. The van der Waals surface area contributed by atoms with Crippen LogP contribution in [0.2, 0.25) is 0 Å². The van der Waals surface area contributed by atoms with Gasteiger partial charge in [0.1, 0.15) is 0 Å². The number of hydrogen-bond donors (Lipinski definition) is 0. The van der Waals surface area contributed by atoms with Gasteiger partial charge in [0.25, 0.3) is 0 Å². The maximum Gasteiger partial charge on any atom is 0.0528 e. The number of benzene rings is 2. The molecule has 2 aromatic carbocycles. The fourth-order valence-corrected chi connectivity index (χ4v) is 2.86. The van der Waals surface area contributed by atoms with Gasteiger partial charge in [-0.15, -0.1) is 0 Å². The van der Waals surface area contributed by atoms with Gasteiger partial charge in [-0.1, -0.05) is 30.3 Å². The first-order valence-corrected chi connectivity index (χ1v) is 7.91. The molecule has 0 spiro atoms. The molecule has 2 nitrogen and oxygen atoms in total. The van der Waals surface area contributed by atoms with Crippen molar-refractivity contribution < 1.29 is 0 Å². The fraction of sp³-hybridized carbons (Fsp3) is 0.200. The van der Waals surface area contributed by atoms with Crippen molar-refractivity contribution in [3.63, 3.8) is 0 Å². The molecule has 0 N–H and O–H groups in total. The molecule has 2 heteroatoms. The Kier molecular flexibility index (Phi) is 4.29. The standard InChI is InChI=1S/C20H22N2/c1-3-21(4-2)18-14-12-17(13-15-18)20-11-8-16-22(20)19-9-6-5-7-10-19/h5-16H,3-4H2,1-2H3. The highest BCUT2D eigenvalue weighted by atomic mass is 15.1. The van der Waals surface area contributed by atoms with Gasteiger partial charge in [0.05, 0.1) is 5.69 Å². The molecule has 1 aromatic heterocycles.